The predicted molar refractivity (Wildman–Crippen MR) is 70.5 cm³/mol. The minimum Gasteiger partial charge on any atom is -0.314 e. The van der Waals surface area contributed by atoms with Crippen LogP contribution in [0, 0.1) is 17.8 Å². The van der Waals surface area contributed by atoms with Gasteiger partial charge >= 0.3 is 0 Å². The van der Waals surface area contributed by atoms with Crippen LogP contribution in [0.2, 0.25) is 0 Å². The molecule has 1 N–H and O–H groups in total. The summed E-state index contributed by atoms with van der Waals surface area (Å²) in [6.45, 7) is 5.79. The highest BCUT2D eigenvalue weighted by atomic mass is 14.9. The molecule has 0 aliphatic heterocycles. The van der Waals surface area contributed by atoms with Crippen molar-refractivity contribution in [2.24, 2.45) is 17.8 Å². The lowest BCUT2D eigenvalue weighted by Crippen LogP contribution is -2.45. The Morgan fingerprint density at radius 1 is 0.938 bits per heavy atom. The van der Waals surface area contributed by atoms with Gasteiger partial charge in [0.1, 0.15) is 0 Å². The van der Waals surface area contributed by atoms with E-state index in [1.165, 1.54) is 51.4 Å². The molecule has 2 aliphatic carbocycles. The Balaban J connectivity index is 1.83. The molecule has 0 amide bonds. The van der Waals surface area contributed by atoms with Gasteiger partial charge in [0.05, 0.1) is 0 Å². The van der Waals surface area contributed by atoms with Gasteiger partial charge < -0.3 is 5.32 Å². The number of hydrogen-bond acceptors (Lipinski definition) is 1. The highest BCUT2D eigenvalue weighted by Crippen LogP contribution is 2.39. The second-order valence-corrected chi connectivity index (χ2v) is 5.96. The Labute approximate surface area is 101 Å². The summed E-state index contributed by atoms with van der Waals surface area (Å²) in [4.78, 5) is 0. The first kappa shape index (κ1) is 12.4. The van der Waals surface area contributed by atoms with E-state index in [9.17, 15) is 0 Å². The SMILES string of the molecule is CCNC(C1CCC1)C1CCC(CC)CC1. The summed E-state index contributed by atoms with van der Waals surface area (Å²) in [5, 5.41) is 3.79. The largest absolute Gasteiger partial charge is 0.314 e. The second-order valence-electron chi connectivity index (χ2n) is 5.96. The number of nitrogens with one attached hydrogen (secondary N) is 1. The lowest BCUT2D eigenvalue weighted by molar-refractivity contribution is 0.132. The molecule has 2 aliphatic rings. The van der Waals surface area contributed by atoms with Crippen molar-refractivity contribution in [2.75, 3.05) is 6.54 Å². The molecular weight excluding hydrogens is 194 g/mol. The van der Waals surface area contributed by atoms with Crippen molar-refractivity contribution in [3.63, 3.8) is 0 Å². The molecule has 1 nitrogen and oxygen atoms in total. The maximum absolute atomic E-state index is 3.79. The maximum Gasteiger partial charge on any atom is 0.0123 e. The van der Waals surface area contributed by atoms with Crippen molar-refractivity contribution in [3.05, 3.63) is 0 Å². The molecule has 1 unspecified atom stereocenters. The van der Waals surface area contributed by atoms with Crippen LogP contribution in [-0.2, 0) is 0 Å². The smallest absolute Gasteiger partial charge is 0.0123 e. The highest BCUT2D eigenvalue weighted by molar-refractivity contribution is 4.89. The molecule has 0 saturated heterocycles. The van der Waals surface area contributed by atoms with Gasteiger partial charge in [0, 0.05) is 6.04 Å². The van der Waals surface area contributed by atoms with Gasteiger partial charge in [0.15, 0.2) is 0 Å². The average Bonchev–Trinajstić information content (AvgIpc) is 2.26. The van der Waals surface area contributed by atoms with Gasteiger partial charge in [-0.05, 0) is 50.0 Å². The van der Waals surface area contributed by atoms with E-state index < -0.39 is 0 Å². The summed E-state index contributed by atoms with van der Waals surface area (Å²) >= 11 is 0. The van der Waals surface area contributed by atoms with Crippen LogP contribution in [0.3, 0.4) is 0 Å². The predicted octanol–water partition coefficient (Wildman–Crippen LogP) is 3.98. The fourth-order valence-corrected chi connectivity index (χ4v) is 3.71. The van der Waals surface area contributed by atoms with Crippen LogP contribution >= 0.6 is 0 Å². The Morgan fingerprint density at radius 3 is 2.00 bits per heavy atom. The summed E-state index contributed by atoms with van der Waals surface area (Å²) < 4.78 is 0. The molecule has 0 aromatic rings. The van der Waals surface area contributed by atoms with Crippen molar-refractivity contribution in [3.8, 4) is 0 Å². The third kappa shape index (κ3) is 2.80. The van der Waals surface area contributed by atoms with Crippen molar-refractivity contribution in [1.82, 2.24) is 5.32 Å². The third-order valence-corrected chi connectivity index (χ3v) is 5.07. The van der Waals surface area contributed by atoms with E-state index >= 15 is 0 Å². The molecule has 16 heavy (non-hydrogen) atoms. The number of hydrogen-bond donors (Lipinski definition) is 1. The van der Waals surface area contributed by atoms with Gasteiger partial charge in [-0.2, -0.15) is 0 Å². The quantitative estimate of drug-likeness (QED) is 0.743. The summed E-state index contributed by atoms with van der Waals surface area (Å²) in [7, 11) is 0. The zero-order chi connectivity index (χ0) is 11.4. The molecule has 2 saturated carbocycles. The first-order valence-corrected chi connectivity index (χ1v) is 7.58. The maximum atomic E-state index is 3.79. The molecule has 1 heteroatoms. The van der Waals surface area contributed by atoms with Crippen molar-refractivity contribution in [1.29, 1.82) is 0 Å². The normalized spacial score (nSPS) is 33.4. The molecule has 0 spiro atoms. The molecule has 1 atom stereocenters. The van der Waals surface area contributed by atoms with E-state index in [-0.39, 0.29) is 0 Å². The fraction of sp³-hybridized carbons (Fsp3) is 1.00. The van der Waals surface area contributed by atoms with Gasteiger partial charge in [0.25, 0.3) is 0 Å². The van der Waals surface area contributed by atoms with E-state index in [0.29, 0.717) is 0 Å². The molecule has 0 aromatic heterocycles. The third-order valence-electron chi connectivity index (χ3n) is 5.07. The van der Waals surface area contributed by atoms with E-state index in [1.807, 2.05) is 0 Å². The molecule has 0 aromatic carbocycles. The molecule has 0 heterocycles. The van der Waals surface area contributed by atoms with Crippen LogP contribution in [0.15, 0.2) is 0 Å². The first-order valence-electron chi connectivity index (χ1n) is 7.58. The van der Waals surface area contributed by atoms with E-state index in [0.717, 1.165) is 30.3 Å². The topological polar surface area (TPSA) is 12.0 Å². The lowest BCUT2D eigenvalue weighted by atomic mass is 9.69. The molecule has 0 bridgehead atoms. The second kappa shape index (κ2) is 6.05. The summed E-state index contributed by atoms with van der Waals surface area (Å²) in [6, 6.07) is 0.858. The van der Waals surface area contributed by atoms with Crippen LogP contribution in [0.5, 0.6) is 0 Å². The van der Waals surface area contributed by atoms with Crippen LogP contribution in [-0.4, -0.2) is 12.6 Å². The Morgan fingerprint density at radius 2 is 1.56 bits per heavy atom. The van der Waals surface area contributed by atoms with Crippen molar-refractivity contribution < 1.29 is 0 Å². The summed E-state index contributed by atoms with van der Waals surface area (Å²) in [5.41, 5.74) is 0. The molecule has 0 radical (unpaired) electrons. The van der Waals surface area contributed by atoms with E-state index in [4.69, 9.17) is 0 Å². The van der Waals surface area contributed by atoms with Gasteiger partial charge in [-0.1, -0.05) is 39.5 Å². The zero-order valence-electron chi connectivity index (χ0n) is 11.2. The Kier molecular flexibility index (Phi) is 4.69. The van der Waals surface area contributed by atoms with Crippen molar-refractivity contribution >= 4 is 0 Å². The lowest BCUT2D eigenvalue weighted by Gasteiger charge is -2.42. The zero-order valence-corrected chi connectivity index (χ0v) is 11.2. The molecule has 94 valence electrons. The van der Waals surface area contributed by atoms with Gasteiger partial charge in [0.2, 0.25) is 0 Å². The highest BCUT2D eigenvalue weighted by Gasteiger charge is 2.34. The number of rotatable bonds is 5. The minimum atomic E-state index is 0.858. The summed E-state index contributed by atoms with van der Waals surface area (Å²) in [5.74, 6) is 3.05. The van der Waals surface area contributed by atoms with Crippen LogP contribution in [0.4, 0.5) is 0 Å². The van der Waals surface area contributed by atoms with Gasteiger partial charge in [-0.3, -0.25) is 0 Å². The fourth-order valence-electron chi connectivity index (χ4n) is 3.71. The van der Waals surface area contributed by atoms with Crippen molar-refractivity contribution in [2.45, 2.75) is 71.3 Å². The molecule has 2 rings (SSSR count). The Hall–Kier alpha value is -0.0400. The standard InChI is InChI=1S/C15H29N/c1-3-12-8-10-14(11-9-12)15(16-4-2)13-6-5-7-13/h12-16H,3-11H2,1-2H3. The molecular formula is C15H29N. The minimum absolute atomic E-state index is 0.858. The molecule has 2 fully saturated rings. The monoisotopic (exact) mass is 223 g/mol. The van der Waals surface area contributed by atoms with Gasteiger partial charge in [-0.25, -0.2) is 0 Å². The van der Waals surface area contributed by atoms with Gasteiger partial charge in [-0.15, -0.1) is 0 Å². The Bertz CT molecular complexity index is 190. The van der Waals surface area contributed by atoms with Crippen LogP contribution in [0.1, 0.15) is 65.2 Å². The van der Waals surface area contributed by atoms with Crippen LogP contribution < -0.4 is 5.32 Å². The average molecular weight is 223 g/mol. The summed E-state index contributed by atoms with van der Waals surface area (Å²) in [6.07, 6.45) is 11.8. The first-order chi connectivity index (χ1) is 7.85. The van der Waals surface area contributed by atoms with E-state index in [2.05, 4.69) is 19.2 Å². The van der Waals surface area contributed by atoms with E-state index in [1.54, 1.807) is 0 Å². The van der Waals surface area contributed by atoms with Crippen LogP contribution in [0.25, 0.3) is 0 Å².